The van der Waals surface area contributed by atoms with Gasteiger partial charge in [0.05, 0.1) is 4.88 Å². The number of thiazole rings is 1. The van der Waals surface area contributed by atoms with E-state index in [-0.39, 0.29) is 12.1 Å². The second-order valence-electron chi connectivity index (χ2n) is 6.50. The van der Waals surface area contributed by atoms with Gasteiger partial charge in [-0.1, -0.05) is 41.7 Å². The van der Waals surface area contributed by atoms with Crippen LogP contribution >= 0.6 is 11.3 Å². The highest BCUT2D eigenvalue weighted by Gasteiger charge is 2.17. The molecule has 2 aromatic rings. The van der Waals surface area contributed by atoms with Crippen LogP contribution in [0.1, 0.15) is 6.92 Å². The number of rotatable bonds is 5. The number of benzene rings is 1. The predicted octanol–water partition coefficient (Wildman–Crippen LogP) is 2.57. The molecule has 25 heavy (non-hydrogen) atoms. The smallest absolute Gasteiger partial charge is 0.321 e. The maximum absolute atomic E-state index is 12.2. The Morgan fingerprint density at radius 1 is 1.24 bits per heavy atom. The molecule has 0 saturated carbocycles. The maximum atomic E-state index is 12.2. The summed E-state index contributed by atoms with van der Waals surface area (Å²) in [5.74, 6) is 0. The normalized spacial score (nSPS) is 17.2. The standard InChI is InChI=1S/C18H25N5OS/c1-14(13-23-10-8-22(2)9-11-23)20-17(24)21-18-19-12-16(25-18)15-6-4-3-5-7-15/h3-7,12,14H,8-11,13H2,1-2H3,(H2,19,20,21,24). The first-order chi connectivity index (χ1) is 12.1. The fourth-order valence-electron chi connectivity index (χ4n) is 2.89. The number of nitrogens with zero attached hydrogens (tertiary/aromatic N) is 3. The lowest BCUT2D eigenvalue weighted by Gasteiger charge is -2.33. The highest BCUT2D eigenvalue weighted by molar-refractivity contribution is 7.19. The molecule has 1 aromatic carbocycles. The summed E-state index contributed by atoms with van der Waals surface area (Å²) in [6.07, 6.45) is 1.79. The van der Waals surface area contributed by atoms with Gasteiger partial charge in [-0.2, -0.15) is 0 Å². The number of amides is 2. The van der Waals surface area contributed by atoms with Crippen molar-refractivity contribution in [1.82, 2.24) is 20.1 Å². The zero-order chi connectivity index (χ0) is 17.6. The number of anilines is 1. The lowest BCUT2D eigenvalue weighted by atomic mass is 10.2. The Balaban J connectivity index is 1.47. The number of likely N-dealkylation sites (N-methyl/N-ethyl adjacent to an activating group) is 1. The molecule has 0 spiro atoms. The van der Waals surface area contributed by atoms with E-state index in [4.69, 9.17) is 0 Å². The van der Waals surface area contributed by atoms with E-state index in [1.165, 1.54) is 11.3 Å². The fraction of sp³-hybridized carbons (Fsp3) is 0.444. The summed E-state index contributed by atoms with van der Waals surface area (Å²) >= 11 is 1.48. The second-order valence-corrected chi connectivity index (χ2v) is 7.53. The first kappa shape index (κ1) is 17.8. The maximum Gasteiger partial charge on any atom is 0.321 e. The summed E-state index contributed by atoms with van der Waals surface area (Å²) in [5.41, 5.74) is 1.11. The van der Waals surface area contributed by atoms with Crippen molar-refractivity contribution in [3.8, 4) is 10.4 Å². The van der Waals surface area contributed by atoms with Crippen molar-refractivity contribution < 1.29 is 4.79 Å². The highest BCUT2D eigenvalue weighted by Crippen LogP contribution is 2.28. The van der Waals surface area contributed by atoms with Crippen molar-refractivity contribution in [2.45, 2.75) is 13.0 Å². The van der Waals surface area contributed by atoms with E-state index in [0.717, 1.165) is 43.2 Å². The van der Waals surface area contributed by atoms with Gasteiger partial charge in [0.15, 0.2) is 5.13 Å². The van der Waals surface area contributed by atoms with Gasteiger partial charge in [-0.05, 0) is 19.5 Å². The molecular formula is C18H25N5OS. The third kappa shape index (κ3) is 5.26. The molecule has 1 atom stereocenters. The molecule has 1 saturated heterocycles. The third-order valence-electron chi connectivity index (χ3n) is 4.29. The number of aromatic nitrogens is 1. The summed E-state index contributed by atoms with van der Waals surface area (Å²) in [5, 5.41) is 6.45. The SMILES string of the molecule is CC(CN1CCN(C)CC1)NC(=O)Nc1ncc(-c2ccccc2)s1. The van der Waals surface area contributed by atoms with Crippen LogP contribution in [0.5, 0.6) is 0 Å². The van der Waals surface area contributed by atoms with Gasteiger partial charge in [0.2, 0.25) is 0 Å². The van der Waals surface area contributed by atoms with Crippen LogP contribution in [-0.2, 0) is 0 Å². The molecule has 7 heteroatoms. The zero-order valence-corrected chi connectivity index (χ0v) is 15.6. The van der Waals surface area contributed by atoms with Gasteiger partial charge < -0.3 is 10.2 Å². The molecular weight excluding hydrogens is 334 g/mol. The largest absolute Gasteiger partial charge is 0.334 e. The van der Waals surface area contributed by atoms with E-state index in [0.29, 0.717) is 5.13 Å². The summed E-state index contributed by atoms with van der Waals surface area (Å²) in [7, 11) is 2.14. The molecule has 0 bridgehead atoms. The average molecular weight is 359 g/mol. The molecule has 1 aromatic heterocycles. The van der Waals surface area contributed by atoms with Crippen molar-refractivity contribution in [3.05, 3.63) is 36.5 Å². The van der Waals surface area contributed by atoms with Crippen LogP contribution in [0.25, 0.3) is 10.4 Å². The van der Waals surface area contributed by atoms with E-state index >= 15 is 0 Å². The topological polar surface area (TPSA) is 60.5 Å². The summed E-state index contributed by atoms with van der Waals surface area (Å²) in [6.45, 7) is 7.18. The molecule has 2 N–H and O–H groups in total. The van der Waals surface area contributed by atoms with Gasteiger partial charge in [-0.3, -0.25) is 10.2 Å². The molecule has 1 aliphatic heterocycles. The van der Waals surface area contributed by atoms with E-state index in [1.807, 2.05) is 37.3 Å². The van der Waals surface area contributed by atoms with Gasteiger partial charge in [0, 0.05) is 45.0 Å². The molecule has 134 valence electrons. The van der Waals surface area contributed by atoms with Crippen molar-refractivity contribution in [3.63, 3.8) is 0 Å². The average Bonchev–Trinajstić information content (AvgIpc) is 3.06. The molecule has 1 fully saturated rings. The predicted molar refractivity (Wildman–Crippen MR) is 103 cm³/mol. The molecule has 0 aliphatic carbocycles. The second kappa shape index (κ2) is 8.42. The minimum Gasteiger partial charge on any atom is -0.334 e. The van der Waals surface area contributed by atoms with Gasteiger partial charge in [0.25, 0.3) is 0 Å². The van der Waals surface area contributed by atoms with Crippen LogP contribution in [0.15, 0.2) is 36.5 Å². The number of nitrogens with one attached hydrogen (secondary N) is 2. The molecule has 2 heterocycles. The van der Waals surface area contributed by atoms with Crippen LogP contribution in [0.3, 0.4) is 0 Å². The van der Waals surface area contributed by atoms with Crippen LogP contribution < -0.4 is 10.6 Å². The summed E-state index contributed by atoms with van der Waals surface area (Å²) in [4.78, 5) is 22.2. The molecule has 0 radical (unpaired) electrons. The molecule has 6 nitrogen and oxygen atoms in total. The Kier molecular flexibility index (Phi) is 6.01. The third-order valence-corrected chi connectivity index (χ3v) is 5.25. The Hall–Kier alpha value is -1.96. The van der Waals surface area contributed by atoms with Crippen LogP contribution in [0, 0.1) is 0 Å². The first-order valence-electron chi connectivity index (χ1n) is 8.60. The number of hydrogen-bond acceptors (Lipinski definition) is 5. The van der Waals surface area contributed by atoms with Crippen molar-refractivity contribution >= 4 is 22.5 Å². The molecule has 3 rings (SSSR count). The summed E-state index contributed by atoms with van der Waals surface area (Å²) < 4.78 is 0. The van der Waals surface area contributed by atoms with Gasteiger partial charge >= 0.3 is 6.03 Å². The van der Waals surface area contributed by atoms with Crippen LogP contribution in [-0.4, -0.2) is 66.6 Å². The Morgan fingerprint density at radius 3 is 2.68 bits per heavy atom. The molecule has 1 aliphatic rings. The van der Waals surface area contributed by atoms with E-state index < -0.39 is 0 Å². The monoisotopic (exact) mass is 359 g/mol. The van der Waals surface area contributed by atoms with Crippen LogP contribution in [0.4, 0.5) is 9.93 Å². The molecule has 1 unspecified atom stereocenters. The Bertz CT molecular complexity index is 682. The summed E-state index contributed by atoms with van der Waals surface area (Å²) in [6, 6.07) is 9.95. The van der Waals surface area contributed by atoms with E-state index in [9.17, 15) is 4.79 Å². The Morgan fingerprint density at radius 2 is 1.96 bits per heavy atom. The number of hydrogen-bond donors (Lipinski definition) is 2. The van der Waals surface area contributed by atoms with Crippen LogP contribution in [0.2, 0.25) is 0 Å². The van der Waals surface area contributed by atoms with E-state index in [2.05, 4.69) is 32.5 Å². The van der Waals surface area contributed by atoms with Crippen molar-refractivity contribution in [2.24, 2.45) is 0 Å². The fourth-order valence-corrected chi connectivity index (χ4v) is 3.70. The number of urea groups is 1. The van der Waals surface area contributed by atoms with Gasteiger partial charge in [0.1, 0.15) is 0 Å². The number of carbonyl (C=O) groups is 1. The van der Waals surface area contributed by atoms with Crippen molar-refractivity contribution in [1.29, 1.82) is 0 Å². The van der Waals surface area contributed by atoms with Gasteiger partial charge in [-0.15, -0.1) is 0 Å². The number of carbonyl (C=O) groups excluding carboxylic acids is 1. The van der Waals surface area contributed by atoms with Crippen molar-refractivity contribution in [2.75, 3.05) is 45.1 Å². The minimum absolute atomic E-state index is 0.0944. The quantitative estimate of drug-likeness (QED) is 0.861. The van der Waals surface area contributed by atoms with E-state index in [1.54, 1.807) is 6.20 Å². The first-order valence-corrected chi connectivity index (χ1v) is 9.41. The minimum atomic E-state index is -0.199. The number of piperazine rings is 1. The lowest BCUT2D eigenvalue weighted by Crippen LogP contribution is -2.50. The lowest BCUT2D eigenvalue weighted by molar-refractivity contribution is 0.145. The van der Waals surface area contributed by atoms with Gasteiger partial charge in [-0.25, -0.2) is 9.78 Å². The highest BCUT2D eigenvalue weighted by atomic mass is 32.1. The zero-order valence-electron chi connectivity index (χ0n) is 14.7. The Labute approximate surface area is 152 Å². The molecule has 2 amide bonds.